The second-order valence-electron chi connectivity index (χ2n) is 18.7. The molecule has 2 saturated heterocycles. The average molecular weight is 742 g/mol. The summed E-state index contributed by atoms with van der Waals surface area (Å²) in [4.78, 5) is 43.2. The van der Waals surface area contributed by atoms with Crippen LogP contribution < -0.4 is 11.1 Å². The largest absolute Gasteiger partial charge is 0.444 e. The predicted octanol–water partition coefficient (Wildman–Crippen LogP) is 8.66. The molecule has 4 heterocycles. The summed E-state index contributed by atoms with van der Waals surface area (Å²) in [6, 6.07) is 18.6. The highest BCUT2D eigenvalue weighted by atomic mass is 16.6. The highest BCUT2D eigenvalue weighted by Gasteiger charge is 2.66. The summed E-state index contributed by atoms with van der Waals surface area (Å²) in [5, 5.41) is 4.40. The fourth-order valence-electron chi connectivity index (χ4n) is 8.54. The van der Waals surface area contributed by atoms with Crippen molar-refractivity contribution >= 4 is 28.8 Å². The van der Waals surface area contributed by atoms with Gasteiger partial charge in [-0.1, -0.05) is 36.4 Å². The molecule has 1 unspecified atom stereocenters. The van der Waals surface area contributed by atoms with E-state index in [2.05, 4.69) is 52.8 Å². The fourth-order valence-corrected chi connectivity index (χ4v) is 8.54. The van der Waals surface area contributed by atoms with Gasteiger partial charge in [-0.15, -0.1) is 0 Å². The average Bonchev–Trinajstić information content (AvgIpc) is 4.05. The third kappa shape index (κ3) is 6.82. The lowest BCUT2D eigenvalue weighted by molar-refractivity contribution is 0.0201. The first kappa shape index (κ1) is 35.4. The standard InChI is InChI=1S/C44H51N7O4/c1-40(2,3)54-38(52)50-25-42(15-16-42)20-35(50)37-47-23-34(49-37)28-9-7-27(8-10-28)29-11-13-32-30(19-29)12-14-33(48-32)31(45)22-46-36-21-44(36)24-43(17-18-43)26-51(44)39(53)55-41(4,5)6/h7-14,19,21-23,35,46H,15-18,20,24-26,45H2,1-6H3,(H,47,49)/b31-22-/t35-,44?/m0/s1. The van der Waals surface area contributed by atoms with Gasteiger partial charge in [-0.3, -0.25) is 9.80 Å². The third-order valence-corrected chi connectivity index (χ3v) is 11.9. The molecule has 11 heteroatoms. The number of imidazole rings is 1. The molecule has 11 nitrogen and oxygen atoms in total. The maximum absolute atomic E-state index is 13.1. The Morgan fingerprint density at radius 3 is 2.24 bits per heavy atom. The van der Waals surface area contributed by atoms with Crippen LogP contribution in [0.3, 0.4) is 0 Å². The van der Waals surface area contributed by atoms with Gasteiger partial charge in [-0.05, 0) is 132 Å². The molecule has 2 aliphatic heterocycles. The van der Waals surface area contributed by atoms with Gasteiger partial charge in [0, 0.05) is 30.4 Å². The number of carbonyl (C=O) groups excluding carboxylic acids is 2. The van der Waals surface area contributed by atoms with E-state index in [0.29, 0.717) is 11.4 Å². The quantitative estimate of drug-likeness (QED) is 0.179. The van der Waals surface area contributed by atoms with Gasteiger partial charge in [0.2, 0.25) is 0 Å². The minimum Gasteiger partial charge on any atom is -0.444 e. The van der Waals surface area contributed by atoms with Crippen LogP contribution in [0.2, 0.25) is 0 Å². The number of pyridine rings is 1. The number of likely N-dealkylation sites (tertiary alicyclic amines) is 2. The number of fused-ring (bicyclic) bond motifs is 1. The molecule has 4 fully saturated rings. The Bertz CT molecular complexity index is 2270. The first-order chi connectivity index (χ1) is 26.0. The van der Waals surface area contributed by atoms with Crippen LogP contribution in [0.5, 0.6) is 0 Å². The van der Waals surface area contributed by atoms with Crippen molar-refractivity contribution in [1.29, 1.82) is 0 Å². The molecular formula is C44H51N7O4. The minimum atomic E-state index is -0.548. The normalized spacial score (nSPS) is 23.4. The summed E-state index contributed by atoms with van der Waals surface area (Å²) in [6.07, 6.45) is 11.7. The molecule has 4 aromatic rings. The SMILES string of the molecule is CC(C)(C)OC(=O)N1CC2(CC2)C[C@H]1c1ncc(-c2ccc(-c3ccc4nc(/C(N)=C/NC5=CC56CC5(CC5)CN6C(=O)OC(C)(C)C)ccc4c3)cc2)[nH]1. The van der Waals surface area contributed by atoms with Gasteiger partial charge in [-0.25, -0.2) is 19.6 Å². The Hall–Kier alpha value is -5.32. The summed E-state index contributed by atoms with van der Waals surface area (Å²) in [7, 11) is 0. The van der Waals surface area contributed by atoms with Gasteiger partial charge in [0.25, 0.3) is 0 Å². The second-order valence-corrected chi connectivity index (χ2v) is 18.7. The summed E-state index contributed by atoms with van der Waals surface area (Å²) in [5.41, 5.74) is 12.6. The first-order valence-corrected chi connectivity index (χ1v) is 19.5. The topological polar surface area (TPSA) is 139 Å². The van der Waals surface area contributed by atoms with Crippen LogP contribution in [0.1, 0.15) is 97.6 Å². The smallest absolute Gasteiger partial charge is 0.411 e. The van der Waals surface area contributed by atoms with Crippen LogP contribution in [0.15, 0.2) is 78.8 Å². The Balaban J connectivity index is 0.860. The van der Waals surface area contributed by atoms with E-state index < -0.39 is 16.7 Å². The number of carbonyl (C=O) groups is 2. The molecule has 5 aliphatic rings. The van der Waals surface area contributed by atoms with Crippen molar-refractivity contribution in [2.75, 3.05) is 13.1 Å². The maximum atomic E-state index is 13.1. The van der Waals surface area contributed by atoms with E-state index >= 15 is 0 Å². The van der Waals surface area contributed by atoms with Gasteiger partial charge >= 0.3 is 12.2 Å². The number of aromatic nitrogens is 3. The number of amides is 2. The minimum absolute atomic E-state index is 0.120. The number of benzene rings is 2. The predicted molar refractivity (Wildman–Crippen MR) is 212 cm³/mol. The molecule has 0 radical (unpaired) electrons. The van der Waals surface area contributed by atoms with E-state index in [1.54, 1.807) is 6.20 Å². The molecule has 2 saturated carbocycles. The van der Waals surface area contributed by atoms with Crippen LogP contribution in [0.25, 0.3) is 39.0 Å². The van der Waals surface area contributed by atoms with Crippen molar-refractivity contribution in [1.82, 2.24) is 30.1 Å². The van der Waals surface area contributed by atoms with Crippen LogP contribution >= 0.6 is 0 Å². The Morgan fingerprint density at radius 1 is 0.873 bits per heavy atom. The van der Waals surface area contributed by atoms with Crippen molar-refractivity contribution in [2.45, 2.75) is 103 Å². The van der Waals surface area contributed by atoms with E-state index in [-0.39, 0.29) is 29.1 Å². The van der Waals surface area contributed by atoms with E-state index in [4.69, 9.17) is 25.2 Å². The molecule has 286 valence electrons. The zero-order valence-corrected chi connectivity index (χ0v) is 32.7. The molecule has 2 atom stereocenters. The zero-order valence-electron chi connectivity index (χ0n) is 32.7. The van der Waals surface area contributed by atoms with Crippen molar-refractivity contribution in [3.05, 3.63) is 90.3 Å². The number of aromatic amines is 1. The molecule has 2 aromatic heterocycles. The molecule has 2 amide bonds. The maximum Gasteiger partial charge on any atom is 0.411 e. The first-order valence-electron chi connectivity index (χ1n) is 19.5. The lowest BCUT2D eigenvalue weighted by Crippen LogP contribution is -2.44. The van der Waals surface area contributed by atoms with Gasteiger partial charge in [0.15, 0.2) is 0 Å². The van der Waals surface area contributed by atoms with Gasteiger partial charge in [0.1, 0.15) is 22.6 Å². The number of nitrogens with one attached hydrogen (secondary N) is 2. The van der Waals surface area contributed by atoms with Crippen molar-refractivity contribution in [2.24, 2.45) is 16.6 Å². The molecule has 9 rings (SSSR count). The Morgan fingerprint density at radius 2 is 1.55 bits per heavy atom. The number of hydrogen-bond acceptors (Lipinski definition) is 8. The van der Waals surface area contributed by atoms with Crippen LogP contribution in [-0.2, 0) is 9.47 Å². The lowest BCUT2D eigenvalue weighted by Gasteiger charge is -2.29. The summed E-state index contributed by atoms with van der Waals surface area (Å²) in [5.74, 6) is 0.806. The zero-order chi connectivity index (χ0) is 38.5. The fraction of sp³-hybridized carbons (Fsp3) is 0.455. The number of H-pyrrole nitrogens is 1. The summed E-state index contributed by atoms with van der Waals surface area (Å²) < 4.78 is 11.5. The lowest BCUT2D eigenvalue weighted by atomic mass is 10.00. The Labute approximate surface area is 322 Å². The molecule has 4 N–H and O–H groups in total. The van der Waals surface area contributed by atoms with Gasteiger partial charge in [0.05, 0.1) is 34.8 Å². The highest BCUT2D eigenvalue weighted by molar-refractivity contribution is 5.86. The van der Waals surface area contributed by atoms with Gasteiger partial charge in [-0.2, -0.15) is 0 Å². The van der Waals surface area contributed by atoms with E-state index in [1.165, 1.54) is 0 Å². The van der Waals surface area contributed by atoms with Crippen molar-refractivity contribution in [3.8, 4) is 22.4 Å². The van der Waals surface area contributed by atoms with Crippen molar-refractivity contribution in [3.63, 3.8) is 0 Å². The number of hydrogen-bond donors (Lipinski definition) is 3. The molecule has 55 heavy (non-hydrogen) atoms. The molecule has 2 aromatic carbocycles. The van der Waals surface area contributed by atoms with Gasteiger partial charge < -0.3 is 25.5 Å². The summed E-state index contributed by atoms with van der Waals surface area (Å²) >= 11 is 0. The monoisotopic (exact) mass is 741 g/mol. The van der Waals surface area contributed by atoms with Crippen molar-refractivity contribution < 1.29 is 19.1 Å². The van der Waals surface area contributed by atoms with Crippen LogP contribution in [-0.4, -0.2) is 66.8 Å². The molecule has 3 aliphatic carbocycles. The van der Waals surface area contributed by atoms with E-state index in [0.717, 1.165) is 96.4 Å². The van der Waals surface area contributed by atoms with Crippen LogP contribution in [0, 0.1) is 10.8 Å². The highest BCUT2D eigenvalue weighted by Crippen LogP contribution is 2.64. The van der Waals surface area contributed by atoms with E-state index in [1.807, 2.05) is 75.7 Å². The number of nitrogens with zero attached hydrogens (tertiary/aromatic N) is 4. The molecule has 0 bridgehead atoms. The number of ether oxygens (including phenoxy) is 2. The summed E-state index contributed by atoms with van der Waals surface area (Å²) in [6.45, 7) is 12.9. The Kier molecular flexibility index (Phi) is 7.78. The number of rotatable bonds is 6. The third-order valence-electron chi connectivity index (χ3n) is 11.9. The molecule has 3 spiro atoms. The second kappa shape index (κ2) is 12.1. The van der Waals surface area contributed by atoms with E-state index in [9.17, 15) is 9.59 Å². The number of nitrogens with two attached hydrogens (primary N) is 1. The van der Waals surface area contributed by atoms with Crippen LogP contribution in [0.4, 0.5) is 9.59 Å². The molecular weight excluding hydrogens is 691 g/mol.